The van der Waals surface area contributed by atoms with Crippen molar-refractivity contribution in [3.8, 4) is 0 Å². The molecule has 0 saturated carbocycles. The number of ether oxygens (including phenoxy) is 1. The number of esters is 1. The molecule has 1 N–H and O–H groups in total. The van der Waals surface area contributed by atoms with Crippen LogP contribution in [0, 0.1) is 0 Å². The van der Waals surface area contributed by atoms with Crippen molar-refractivity contribution in [2.45, 2.75) is 11.3 Å². The van der Waals surface area contributed by atoms with Crippen molar-refractivity contribution >= 4 is 57.8 Å². The number of thioether (sulfide) groups is 1. The molecule has 1 aromatic heterocycles. The average Bonchev–Trinajstić information content (AvgIpc) is 3.00. The molecule has 126 valence electrons. The Kier molecular flexibility index (Phi) is 7.23. The zero-order chi connectivity index (χ0) is 17.4. The molecular formula is C15H14ClN3O3S2. The average molecular weight is 384 g/mol. The number of benzene rings is 1. The summed E-state index contributed by atoms with van der Waals surface area (Å²) in [7, 11) is 0. The van der Waals surface area contributed by atoms with Crippen LogP contribution in [0.2, 0.25) is 5.02 Å². The summed E-state index contributed by atoms with van der Waals surface area (Å²) in [5, 5.41) is 11.3. The third kappa shape index (κ3) is 5.95. The second-order valence-electron chi connectivity index (χ2n) is 4.31. The molecule has 0 radical (unpaired) electrons. The Labute approximate surface area is 152 Å². The van der Waals surface area contributed by atoms with Crippen molar-refractivity contribution in [3.05, 3.63) is 40.9 Å². The van der Waals surface area contributed by atoms with Crippen LogP contribution in [0.3, 0.4) is 0 Å². The molecule has 2 aromatic rings. The van der Waals surface area contributed by atoms with Gasteiger partial charge in [-0.2, -0.15) is 0 Å². The Hall–Kier alpha value is -1.90. The van der Waals surface area contributed by atoms with Crippen molar-refractivity contribution in [2.75, 3.05) is 17.7 Å². The largest absolute Gasteiger partial charge is 0.465 e. The molecule has 0 bridgehead atoms. The van der Waals surface area contributed by atoms with E-state index < -0.39 is 0 Å². The molecule has 0 atom stereocenters. The number of hydrogen-bond donors (Lipinski definition) is 1. The molecule has 0 fully saturated rings. The Morgan fingerprint density at radius 2 is 2.17 bits per heavy atom. The normalized spacial score (nSPS) is 10.8. The molecule has 0 aliphatic carbocycles. The molecular weight excluding hydrogens is 370 g/mol. The van der Waals surface area contributed by atoms with Crippen molar-refractivity contribution < 1.29 is 14.3 Å². The molecule has 1 amide bonds. The van der Waals surface area contributed by atoms with Gasteiger partial charge < -0.3 is 4.74 Å². The first-order valence-electron chi connectivity index (χ1n) is 6.94. The van der Waals surface area contributed by atoms with Gasteiger partial charge in [0, 0.05) is 11.1 Å². The maximum absolute atomic E-state index is 11.9. The van der Waals surface area contributed by atoms with Crippen LogP contribution in [0.1, 0.15) is 12.5 Å². The van der Waals surface area contributed by atoms with Crippen molar-refractivity contribution in [2.24, 2.45) is 0 Å². The second kappa shape index (κ2) is 9.41. The fourth-order valence-corrected chi connectivity index (χ4v) is 3.32. The number of halogens is 1. The van der Waals surface area contributed by atoms with Crippen LogP contribution >= 0.6 is 34.7 Å². The van der Waals surface area contributed by atoms with Gasteiger partial charge in [0.25, 0.3) is 0 Å². The number of hydrogen-bond acceptors (Lipinski definition) is 7. The Morgan fingerprint density at radius 1 is 1.38 bits per heavy atom. The lowest BCUT2D eigenvalue weighted by atomic mass is 10.2. The van der Waals surface area contributed by atoms with Gasteiger partial charge >= 0.3 is 5.97 Å². The summed E-state index contributed by atoms with van der Waals surface area (Å²) in [6.07, 6.45) is 2.99. The smallest absolute Gasteiger partial charge is 0.316 e. The topological polar surface area (TPSA) is 81.2 Å². The molecule has 0 saturated heterocycles. The number of anilines is 1. The lowest BCUT2D eigenvalue weighted by molar-refractivity contribution is -0.139. The molecule has 0 aliphatic rings. The van der Waals surface area contributed by atoms with E-state index in [9.17, 15) is 9.59 Å². The van der Waals surface area contributed by atoms with Gasteiger partial charge in [0.2, 0.25) is 11.0 Å². The maximum Gasteiger partial charge on any atom is 0.316 e. The van der Waals surface area contributed by atoms with E-state index in [2.05, 4.69) is 15.5 Å². The predicted molar refractivity (Wildman–Crippen MR) is 96.4 cm³/mol. The third-order valence-corrected chi connectivity index (χ3v) is 4.86. The molecule has 24 heavy (non-hydrogen) atoms. The highest BCUT2D eigenvalue weighted by molar-refractivity contribution is 8.01. The number of nitrogens with one attached hydrogen (secondary N) is 1. The van der Waals surface area contributed by atoms with Crippen LogP contribution in [0.4, 0.5) is 5.13 Å². The van der Waals surface area contributed by atoms with Gasteiger partial charge in [-0.05, 0) is 24.6 Å². The lowest BCUT2D eigenvalue weighted by Crippen LogP contribution is -2.07. The van der Waals surface area contributed by atoms with E-state index in [4.69, 9.17) is 16.3 Å². The number of amides is 1. The fourth-order valence-electron chi connectivity index (χ4n) is 1.56. The SMILES string of the molecule is CCOC(=O)CSc1nnc(NC(=O)/C=C/c2ccccc2Cl)s1. The quantitative estimate of drug-likeness (QED) is 0.341. The van der Waals surface area contributed by atoms with Gasteiger partial charge in [-0.3, -0.25) is 14.9 Å². The van der Waals surface area contributed by atoms with Gasteiger partial charge in [-0.25, -0.2) is 0 Å². The summed E-state index contributed by atoms with van der Waals surface area (Å²) in [6.45, 7) is 2.09. The minimum atomic E-state index is -0.340. The molecule has 0 spiro atoms. The van der Waals surface area contributed by atoms with E-state index in [1.807, 2.05) is 12.1 Å². The summed E-state index contributed by atoms with van der Waals surface area (Å²) in [5.74, 6) is -0.498. The summed E-state index contributed by atoms with van der Waals surface area (Å²) in [4.78, 5) is 23.1. The monoisotopic (exact) mass is 383 g/mol. The number of carbonyl (C=O) groups excluding carboxylic acids is 2. The second-order valence-corrected chi connectivity index (χ2v) is 6.92. The van der Waals surface area contributed by atoms with E-state index >= 15 is 0 Å². The molecule has 0 unspecified atom stereocenters. The minimum Gasteiger partial charge on any atom is -0.465 e. The van der Waals surface area contributed by atoms with Crippen molar-refractivity contribution in [1.82, 2.24) is 10.2 Å². The Balaban J connectivity index is 1.86. The first-order valence-corrected chi connectivity index (χ1v) is 9.12. The highest BCUT2D eigenvalue weighted by Gasteiger charge is 2.09. The molecule has 0 aliphatic heterocycles. The van der Waals surface area contributed by atoms with Gasteiger partial charge in [0.1, 0.15) is 0 Å². The number of carbonyl (C=O) groups is 2. The van der Waals surface area contributed by atoms with Crippen molar-refractivity contribution in [3.63, 3.8) is 0 Å². The maximum atomic E-state index is 11.9. The van der Waals surface area contributed by atoms with Crippen LogP contribution in [-0.4, -0.2) is 34.4 Å². The fraction of sp³-hybridized carbons (Fsp3) is 0.200. The van der Waals surface area contributed by atoms with Gasteiger partial charge in [-0.1, -0.05) is 52.9 Å². The minimum absolute atomic E-state index is 0.156. The summed E-state index contributed by atoms with van der Waals surface area (Å²) in [5.41, 5.74) is 0.747. The van der Waals surface area contributed by atoms with Crippen molar-refractivity contribution in [1.29, 1.82) is 0 Å². The van der Waals surface area contributed by atoms with Gasteiger partial charge in [-0.15, -0.1) is 10.2 Å². The highest BCUT2D eigenvalue weighted by atomic mass is 35.5. The van der Waals surface area contributed by atoms with E-state index in [1.54, 1.807) is 25.1 Å². The van der Waals surface area contributed by atoms with E-state index in [0.29, 0.717) is 21.1 Å². The number of aromatic nitrogens is 2. The number of rotatable bonds is 7. The highest BCUT2D eigenvalue weighted by Crippen LogP contribution is 2.25. The molecule has 1 aromatic carbocycles. The molecule has 9 heteroatoms. The zero-order valence-electron chi connectivity index (χ0n) is 12.7. The third-order valence-electron chi connectivity index (χ3n) is 2.57. The Morgan fingerprint density at radius 3 is 2.92 bits per heavy atom. The summed E-state index contributed by atoms with van der Waals surface area (Å²) < 4.78 is 5.40. The first kappa shape index (κ1) is 18.4. The van der Waals surface area contributed by atoms with E-state index in [0.717, 1.165) is 5.56 Å². The predicted octanol–water partition coefficient (Wildman–Crippen LogP) is 3.50. The number of nitrogens with zero attached hydrogens (tertiary/aromatic N) is 2. The summed E-state index contributed by atoms with van der Waals surface area (Å²) >= 11 is 8.41. The zero-order valence-corrected chi connectivity index (χ0v) is 15.1. The van der Waals surface area contributed by atoms with E-state index in [-0.39, 0.29) is 17.6 Å². The van der Waals surface area contributed by atoms with E-state index in [1.165, 1.54) is 29.2 Å². The van der Waals surface area contributed by atoms with Crippen LogP contribution in [0.5, 0.6) is 0 Å². The van der Waals surface area contributed by atoms with Crippen LogP contribution < -0.4 is 5.32 Å². The summed E-state index contributed by atoms with van der Waals surface area (Å²) in [6, 6.07) is 7.20. The lowest BCUT2D eigenvalue weighted by Gasteiger charge is -1.98. The first-order chi connectivity index (χ1) is 11.6. The molecule has 1 heterocycles. The molecule has 6 nitrogen and oxygen atoms in total. The van der Waals surface area contributed by atoms with Gasteiger partial charge in [0.05, 0.1) is 12.4 Å². The molecule has 2 rings (SSSR count). The standard InChI is InChI=1S/C15H14ClN3O3S2/c1-2-22-13(21)9-23-15-19-18-14(24-15)17-12(20)8-7-10-5-3-4-6-11(10)16/h3-8H,2,9H2,1H3,(H,17,18,20)/b8-7+. The van der Waals surface area contributed by atoms with Crippen LogP contribution in [-0.2, 0) is 14.3 Å². The van der Waals surface area contributed by atoms with Crippen LogP contribution in [0.15, 0.2) is 34.7 Å². The van der Waals surface area contributed by atoms with Crippen LogP contribution in [0.25, 0.3) is 6.08 Å². The Bertz CT molecular complexity index is 749. The van der Waals surface area contributed by atoms with Gasteiger partial charge in [0.15, 0.2) is 4.34 Å².